The fourth-order valence-corrected chi connectivity index (χ4v) is 2.01. The van der Waals surface area contributed by atoms with E-state index in [1.165, 1.54) is 0 Å². The summed E-state index contributed by atoms with van der Waals surface area (Å²) in [6, 6.07) is 1.84. The Kier molecular flexibility index (Phi) is 4.51. The highest BCUT2D eigenvalue weighted by Crippen LogP contribution is 2.19. The number of rotatable bonds is 6. The van der Waals surface area contributed by atoms with Gasteiger partial charge in [0.05, 0.1) is 0 Å². The van der Waals surface area contributed by atoms with E-state index in [4.69, 9.17) is 9.84 Å². The average molecular weight is 267 g/mol. The third kappa shape index (κ3) is 3.78. The van der Waals surface area contributed by atoms with E-state index in [0.29, 0.717) is 19.4 Å². The molecular formula is C12H17N3O4. The number of carbonyl (C=O) groups is 2. The van der Waals surface area contributed by atoms with Crippen LogP contribution in [0.5, 0.6) is 0 Å². The van der Waals surface area contributed by atoms with E-state index < -0.39 is 18.2 Å². The number of ether oxygens (including phenoxy) is 1. The Hall–Kier alpha value is -1.89. The van der Waals surface area contributed by atoms with E-state index in [1.807, 2.05) is 12.3 Å². The lowest BCUT2D eigenvalue weighted by Gasteiger charge is -2.11. The van der Waals surface area contributed by atoms with Gasteiger partial charge in [-0.2, -0.15) is 5.10 Å². The molecule has 1 aliphatic heterocycles. The summed E-state index contributed by atoms with van der Waals surface area (Å²) >= 11 is 0. The molecule has 0 saturated carbocycles. The van der Waals surface area contributed by atoms with Crippen molar-refractivity contribution in [3.05, 3.63) is 18.5 Å². The molecule has 2 heterocycles. The Morgan fingerprint density at radius 3 is 2.84 bits per heavy atom. The third-order valence-corrected chi connectivity index (χ3v) is 3.01. The highest BCUT2D eigenvalue weighted by Gasteiger charge is 2.34. The molecule has 0 unspecified atom stereocenters. The molecule has 2 N–H and O–H groups in total. The van der Waals surface area contributed by atoms with Gasteiger partial charge in [-0.25, -0.2) is 4.79 Å². The smallest absolute Gasteiger partial charge is 0.332 e. The third-order valence-electron chi connectivity index (χ3n) is 3.01. The van der Waals surface area contributed by atoms with Gasteiger partial charge in [-0.05, 0) is 25.3 Å². The minimum atomic E-state index is -1.01. The highest BCUT2D eigenvalue weighted by atomic mass is 16.5. The number of carboxylic acid groups (broad SMARTS) is 1. The number of aromatic nitrogens is 2. The largest absolute Gasteiger partial charge is 0.479 e. The molecule has 1 aromatic heterocycles. The van der Waals surface area contributed by atoms with E-state index in [1.54, 1.807) is 10.9 Å². The van der Waals surface area contributed by atoms with E-state index >= 15 is 0 Å². The lowest BCUT2D eigenvalue weighted by molar-refractivity contribution is -0.151. The maximum absolute atomic E-state index is 11.7. The average Bonchev–Trinajstić information content (AvgIpc) is 3.05. The second-order valence-corrected chi connectivity index (χ2v) is 4.44. The standard InChI is InChI=1S/C12H17N3O4/c16-11(9-3-4-10(19-9)12(17)18)13-5-1-7-15-8-2-6-14-15/h2,6,8-10H,1,3-5,7H2,(H,13,16)(H,17,18)/t9-,10+/m0/s1. The zero-order valence-electron chi connectivity index (χ0n) is 10.5. The summed E-state index contributed by atoms with van der Waals surface area (Å²) in [5.74, 6) is -1.24. The van der Waals surface area contributed by atoms with Gasteiger partial charge < -0.3 is 15.2 Å². The normalized spacial score (nSPS) is 22.3. The van der Waals surface area contributed by atoms with Crippen LogP contribution >= 0.6 is 0 Å². The maximum Gasteiger partial charge on any atom is 0.332 e. The Bertz CT molecular complexity index is 432. The number of nitrogens with zero attached hydrogens (tertiary/aromatic N) is 2. The molecule has 19 heavy (non-hydrogen) atoms. The number of aliphatic carboxylic acids is 1. The van der Waals surface area contributed by atoms with Crippen molar-refractivity contribution < 1.29 is 19.4 Å². The minimum absolute atomic E-state index is 0.232. The fourth-order valence-electron chi connectivity index (χ4n) is 2.01. The topological polar surface area (TPSA) is 93.5 Å². The zero-order valence-corrected chi connectivity index (χ0v) is 10.5. The summed E-state index contributed by atoms with van der Waals surface area (Å²) in [5, 5.41) is 15.6. The molecule has 2 rings (SSSR count). The van der Waals surface area contributed by atoms with Crippen LogP contribution in [0.25, 0.3) is 0 Å². The molecule has 1 aromatic rings. The van der Waals surface area contributed by atoms with Crippen molar-refractivity contribution in [1.82, 2.24) is 15.1 Å². The van der Waals surface area contributed by atoms with Crippen molar-refractivity contribution in [3.8, 4) is 0 Å². The van der Waals surface area contributed by atoms with Crippen molar-refractivity contribution in [2.75, 3.05) is 6.54 Å². The van der Waals surface area contributed by atoms with Crippen LogP contribution in [0.2, 0.25) is 0 Å². The van der Waals surface area contributed by atoms with Crippen molar-refractivity contribution >= 4 is 11.9 Å². The number of nitrogens with one attached hydrogen (secondary N) is 1. The lowest BCUT2D eigenvalue weighted by Crippen LogP contribution is -2.36. The second-order valence-electron chi connectivity index (χ2n) is 4.44. The quantitative estimate of drug-likeness (QED) is 0.709. The zero-order chi connectivity index (χ0) is 13.7. The highest BCUT2D eigenvalue weighted by molar-refractivity contribution is 5.82. The van der Waals surface area contributed by atoms with Gasteiger partial charge in [0.2, 0.25) is 5.91 Å². The van der Waals surface area contributed by atoms with Crippen molar-refractivity contribution in [1.29, 1.82) is 0 Å². The van der Waals surface area contributed by atoms with Crippen LogP contribution in [-0.2, 0) is 20.9 Å². The predicted molar refractivity (Wildman–Crippen MR) is 65.4 cm³/mol. The van der Waals surface area contributed by atoms with Gasteiger partial charge in [0, 0.05) is 25.5 Å². The van der Waals surface area contributed by atoms with Crippen LogP contribution in [0.4, 0.5) is 0 Å². The summed E-state index contributed by atoms with van der Waals surface area (Å²) in [6.45, 7) is 1.26. The Morgan fingerprint density at radius 2 is 2.21 bits per heavy atom. The van der Waals surface area contributed by atoms with Gasteiger partial charge in [-0.3, -0.25) is 9.48 Å². The second kappa shape index (κ2) is 6.33. The summed E-state index contributed by atoms with van der Waals surface area (Å²) in [6.07, 6.45) is 3.70. The first-order valence-corrected chi connectivity index (χ1v) is 6.30. The van der Waals surface area contributed by atoms with Gasteiger partial charge in [0.15, 0.2) is 6.10 Å². The molecule has 1 fully saturated rings. The van der Waals surface area contributed by atoms with Gasteiger partial charge in [0.1, 0.15) is 6.10 Å². The van der Waals surface area contributed by atoms with E-state index in [0.717, 1.165) is 13.0 Å². The minimum Gasteiger partial charge on any atom is -0.479 e. The SMILES string of the molecule is O=C(NCCCn1cccn1)[C@@H]1CC[C@H](C(=O)O)O1. The van der Waals surface area contributed by atoms with Crippen LogP contribution in [0.15, 0.2) is 18.5 Å². The van der Waals surface area contributed by atoms with E-state index in [9.17, 15) is 9.59 Å². The number of amides is 1. The van der Waals surface area contributed by atoms with Crippen LogP contribution in [0.3, 0.4) is 0 Å². The van der Waals surface area contributed by atoms with Gasteiger partial charge in [0.25, 0.3) is 0 Å². The summed E-state index contributed by atoms with van der Waals surface area (Å²) in [7, 11) is 0. The van der Waals surface area contributed by atoms with E-state index in [-0.39, 0.29) is 5.91 Å². The van der Waals surface area contributed by atoms with Crippen LogP contribution in [0.1, 0.15) is 19.3 Å². The van der Waals surface area contributed by atoms with Gasteiger partial charge in [-0.15, -0.1) is 0 Å². The molecule has 1 amide bonds. The summed E-state index contributed by atoms with van der Waals surface area (Å²) in [5.41, 5.74) is 0. The first-order valence-electron chi connectivity index (χ1n) is 6.30. The molecule has 7 heteroatoms. The summed E-state index contributed by atoms with van der Waals surface area (Å²) < 4.78 is 6.95. The first-order chi connectivity index (χ1) is 9.16. The van der Waals surface area contributed by atoms with E-state index in [2.05, 4.69) is 10.4 Å². The van der Waals surface area contributed by atoms with Crippen LogP contribution in [0, 0.1) is 0 Å². The number of carboxylic acids is 1. The van der Waals surface area contributed by atoms with Gasteiger partial charge in [-0.1, -0.05) is 0 Å². The molecule has 0 aliphatic carbocycles. The molecule has 2 atom stereocenters. The van der Waals surface area contributed by atoms with Crippen molar-refractivity contribution in [2.45, 2.75) is 38.0 Å². The van der Waals surface area contributed by atoms with Crippen molar-refractivity contribution in [2.24, 2.45) is 0 Å². The Balaban J connectivity index is 1.63. The molecule has 0 bridgehead atoms. The summed E-state index contributed by atoms with van der Waals surface area (Å²) in [4.78, 5) is 22.4. The fraction of sp³-hybridized carbons (Fsp3) is 0.583. The molecule has 1 saturated heterocycles. The Morgan fingerprint density at radius 1 is 1.42 bits per heavy atom. The number of hydrogen-bond donors (Lipinski definition) is 2. The predicted octanol–water partition coefficient (Wildman–Crippen LogP) is 0.0216. The molecular weight excluding hydrogens is 250 g/mol. The number of carbonyl (C=O) groups excluding carboxylic acids is 1. The maximum atomic E-state index is 11.7. The molecule has 1 aliphatic rings. The molecule has 0 aromatic carbocycles. The number of hydrogen-bond acceptors (Lipinski definition) is 4. The molecule has 0 spiro atoms. The monoisotopic (exact) mass is 267 g/mol. The lowest BCUT2D eigenvalue weighted by atomic mass is 10.2. The molecule has 7 nitrogen and oxygen atoms in total. The first kappa shape index (κ1) is 13.5. The molecule has 0 radical (unpaired) electrons. The van der Waals surface area contributed by atoms with Gasteiger partial charge >= 0.3 is 5.97 Å². The van der Waals surface area contributed by atoms with Crippen LogP contribution < -0.4 is 5.32 Å². The molecule has 104 valence electrons. The van der Waals surface area contributed by atoms with Crippen molar-refractivity contribution in [3.63, 3.8) is 0 Å². The van der Waals surface area contributed by atoms with Crippen LogP contribution in [-0.4, -0.2) is 45.5 Å². The number of aryl methyl sites for hydroxylation is 1. The Labute approximate surface area is 110 Å².